The SMILES string of the molecule is C/C=C(\C#C/C(=C\c1ccc(OC)cc1)[Si](C)(C)C)[Si](C)(C)C. The number of allylic oxidation sites excluding steroid dienone is 3. The molecule has 0 aliphatic heterocycles. The second-order valence-electron chi connectivity index (χ2n) is 7.78. The monoisotopic (exact) mass is 342 g/mol. The molecule has 0 amide bonds. The first-order valence-electron chi connectivity index (χ1n) is 8.13. The van der Waals surface area contributed by atoms with Crippen LogP contribution in [0.1, 0.15) is 12.5 Å². The Bertz CT molecular complexity index is 642. The highest BCUT2D eigenvalue weighted by Gasteiger charge is 2.20. The van der Waals surface area contributed by atoms with Gasteiger partial charge in [0, 0.05) is 0 Å². The van der Waals surface area contributed by atoms with E-state index in [0.29, 0.717) is 0 Å². The van der Waals surface area contributed by atoms with Gasteiger partial charge in [0.2, 0.25) is 0 Å². The normalized spacial score (nSPS) is 13.4. The van der Waals surface area contributed by atoms with Gasteiger partial charge in [-0.05, 0) is 41.1 Å². The number of rotatable bonds is 4. The average molecular weight is 343 g/mol. The summed E-state index contributed by atoms with van der Waals surface area (Å²) >= 11 is 0. The number of methoxy groups -OCH3 is 1. The zero-order valence-electron chi connectivity index (χ0n) is 15.9. The van der Waals surface area contributed by atoms with Crippen LogP contribution in [0.5, 0.6) is 5.75 Å². The van der Waals surface area contributed by atoms with Crippen LogP contribution in [0.3, 0.4) is 0 Å². The average Bonchev–Trinajstić information content (AvgIpc) is 2.45. The van der Waals surface area contributed by atoms with Crippen molar-refractivity contribution in [2.24, 2.45) is 0 Å². The minimum Gasteiger partial charge on any atom is -0.497 e. The van der Waals surface area contributed by atoms with Gasteiger partial charge < -0.3 is 4.74 Å². The van der Waals surface area contributed by atoms with Crippen LogP contribution in [0.2, 0.25) is 39.3 Å². The summed E-state index contributed by atoms with van der Waals surface area (Å²) < 4.78 is 5.23. The molecule has 0 aliphatic rings. The Morgan fingerprint density at radius 3 is 1.74 bits per heavy atom. The van der Waals surface area contributed by atoms with Crippen LogP contribution in [0, 0.1) is 11.8 Å². The molecule has 0 aliphatic carbocycles. The molecular formula is C20H30OSi2. The van der Waals surface area contributed by atoms with Crippen LogP contribution in [0.25, 0.3) is 6.08 Å². The van der Waals surface area contributed by atoms with Gasteiger partial charge in [0.05, 0.1) is 23.3 Å². The maximum Gasteiger partial charge on any atom is 0.118 e. The van der Waals surface area contributed by atoms with Crippen molar-refractivity contribution in [1.29, 1.82) is 0 Å². The lowest BCUT2D eigenvalue weighted by atomic mass is 10.2. The number of ether oxygens (including phenoxy) is 1. The fraction of sp³-hybridized carbons (Fsp3) is 0.400. The fourth-order valence-corrected chi connectivity index (χ4v) is 4.47. The van der Waals surface area contributed by atoms with Crippen molar-refractivity contribution in [2.45, 2.75) is 46.2 Å². The third-order valence-corrected chi connectivity index (χ3v) is 7.58. The van der Waals surface area contributed by atoms with Crippen molar-refractivity contribution in [2.75, 3.05) is 7.11 Å². The molecular weight excluding hydrogens is 312 g/mol. The lowest BCUT2D eigenvalue weighted by molar-refractivity contribution is 0.415. The molecule has 0 N–H and O–H groups in total. The molecule has 0 bridgehead atoms. The Balaban J connectivity index is 3.24. The second-order valence-corrected chi connectivity index (χ2v) is 17.9. The first-order chi connectivity index (χ1) is 10.6. The van der Waals surface area contributed by atoms with E-state index in [9.17, 15) is 0 Å². The lowest BCUT2D eigenvalue weighted by Crippen LogP contribution is -2.24. The maximum atomic E-state index is 5.23. The topological polar surface area (TPSA) is 9.23 Å². The highest BCUT2D eigenvalue weighted by atomic mass is 28.3. The van der Waals surface area contributed by atoms with Gasteiger partial charge in [-0.15, -0.1) is 0 Å². The summed E-state index contributed by atoms with van der Waals surface area (Å²) in [7, 11) is -1.15. The largest absolute Gasteiger partial charge is 0.497 e. The van der Waals surface area contributed by atoms with Gasteiger partial charge >= 0.3 is 0 Å². The molecule has 124 valence electrons. The molecule has 0 saturated heterocycles. The summed E-state index contributed by atoms with van der Waals surface area (Å²) in [6.07, 6.45) is 4.44. The van der Waals surface area contributed by atoms with Crippen molar-refractivity contribution in [1.82, 2.24) is 0 Å². The minimum atomic E-state index is -1.49. The molecule has 0 atom stereocenters. The highest BCUT2D eigenvalue weighted by Crippen LogP contribution is 2.20. The van der Waals surface area contributed by atoms with Crippen molar-refractivity contribution >= 4 is 22.2 Å². The Kier molecular flexibility index (Phi) is 6.67. The van der Waals surface area contributed by atoms with Gasteiger partial charge in [0.25, 0.3) is 0 Å². The molecule has 0 unspecified atom stereocenters. The van der Waals surface area contributed by atoms with Gasteiger partial charge in [-0.2, -0.15) is 0 Å². The third kappa shape index (κ3) is 6.25. The minimum absolute atomic E-state index is 0.887. The predicted octanol–water partition coefficient (Wildman–Crippen LogP) is 5.78. The number of hydrogen-bond acceptors (Lipinski definition) is 1. The molecule has 1 nitrogen and oxygen atoms in total. The van der Waals surface area contributed by atoms with E-state index in [-0.39, 0.29) is 0 Å². The van der Waals surface area contributed by atoms with Gasteiger partial charge in [-0.25, -0.2) is 0 Å². The summed E-state index contributed by atoms with van der Waals surface area (Å²) in [6.45, 7) is 16.2. The Labute approximate surface area is 144 Å². The molecule has 3 heteroatoms. The van der Waals surface area contributed by atoms with E-state index in [1.807, 2.05) is 12.1 Å². The van der Waals surface area contributed by atoms with Crippen LogP contribution < -0.4 is 4.74 Å². The first-order valence-corrected chi connectivity index (χ1v) is 15.1. The molecule has 1 rings (SSSR count). The number of benzene rings is 1. The van der Waals surface area contributed by atoms with Crippen molar-refractivity contribution in [3.63, 3.8) is 0 Å². The van der Waals surface area contributed by atoms with E-state index in [0.717, 1.165) is 5.75 Å². The molecule has 1 aromatic carbocycles. The Hall–Kier alpha value is -1.51. The number of hydrogen-bond donors (Lipinski definition) is 0. The zero-order chi connectivity index (χ0) is 17.7. The van der Waals surface area contributed by atoms with Crippen LogP contribution in [-0.2, 0) is 0 Å². The van der Waals surface area contributed by atoms with Crippen molar-refractivity contribution < 1.29 is 4.74 Å². The van der Waals surface area contributed by atoms with Gasteiger partial charge in [-0.3, -0.25) is 0 Å². The van der Waals surface area contributed by atoms with Crippen LogP contribution >= 0.6 is 0 Å². The van der Waals surface area contributed by atoms with Gasteiger partial charge in [0.15, 0.2) is 0 Å². The van der Waals surface area contributed by atoms with Crippen molar-refractivity contribution in [3.8, 4) is 17.6 Å². The lowest BCUT2D eigenvalue weighted by Gasteiger charge is -2.18. The molecule has 1 aromatic rings. The fourth-order valence-electron chi connectivity index (χ4n) is 2.13. The summed E-state index contributed by atoms with van der Waals surface area (Å²) in [6, 6.07) is 8.19. The zero-order valence-corrected chi connectivity index (χ0v) is 17.9. The van der Waals surface area contributed by atoms with E-state index in [1.54, 1.807) is 7.11 Å². The second kappa shape index (κ2) is 7.85. The standard InChI is InChI=1S/C20H30OSi2/c1-9-19(22(3,4)5)14-15-20(23(6,7)8)16-17-10-12-18(21-2)13-11-17/h9-13,16H,1-8H3/b19-9+,20-16+. The van der Waals surface area contributed by atoms with Crippen LogP contribution in [-0.4, -0.2) is 23.3 Å². The predicted molar refractivity (Wildman–Crippen MR) is 109 cm³/mol. The molecule has 23 heavy (non-hydrogen) atoms. The quantitative estimate of drug-likeness (QED) is 0.497. The summed E-state index contributed by atoms with van der Waals surface area (Å²) in [5.74, 6) is 7.86. The summed E-state index contributed by atoms with van der Waals surface area (Å²) in [5, 5.41) is 2.62. The van der Waals surface area contributed by atoms with E-state index < -0.39 is 16.1 Å². The molecule has 0 aromatic heterocycles. The smallest absolute Gasteiger partial charge is 0.118 e. The van der Waals surface area contributed by atoms with Gasteiger partial charge in [0.1, 0.15) is 5.75 Å². The Morgan fingerprint density at radius 2 is 1.35 bits per heavy atom. The Morgan fingerprint density at radius 1 is 0.870 bits per heavy atom. The van der Waals surface area contributed by atoms with Gasteiger partial charge in [-0.1, -0.05) is 69.3 Å². The van der Waals surface area contributed by atoms with Crippen LogP contribution in [0.15, 0.2) is 40.7 Å². The van der Waals surface area contributed by atoms with Crippen molar-refractivity contribution in [3.05, 3.63) is 46.3 Å². The maximum absolute atomic E-state index is 5.23. The molecule has 0 heterocycles. The third-order valence-electron chi connectivity index (χ3n) is 3.66. The highest BCUT2D eigenvalue weighted by molar-refractivity contribution is 6.85. The van der Waals surface area contributed by atoms with E-state index in [2.05, 4.69) is 82.3 Å². The molecule has 0 spiro atoms. The van der Waals surface area contributed by atoms with E-state index in [1.165, 1.54) is 16.0 Å². The van der Waals surface area contributed by atoms with E-state index >= 15 is 0 Å². The molecule has 0 fully saturated rings. The molecule has 0 saturated carbocycles. The molecule has 0 radical (unpaired) electrons. The summed E-state index contributed by atoms with van der Waals surface area (Å²) in [5.41, 5.74) is 1.19. The van der Waals surface area contributed by atoms with Crippen LogP contribution in [0.4, 0.5) is 0 Å². The summed E-state index contributed by atoms with van der Waals surface area (Å²) in [4.78, 5) is 0. The van der Waals surface area contributed by atoms with E-state index in [4.69, 9.17) is 4.74 Å². The first kappa shape index (κ1) is 19.5.